The highest BCUT2D eigenvalue weighted by Gasteiger charge is 2.25. The molecule has 1 atom stereocenters. The summed E-state index contributed by atoms with van der Waals surface area (Å²) in [6.45, 7) is 4.42. The van der Waals surface area contributed by atoms with Crippen LogP contribution in [0.1, 0.15) is 17.4 Å². The molecule has 1 aliphatic rings. The van der Waals surface area contributed by atoms with Crippen LogP contribution in [-0.4, -0.2) is 53.4 Å². The van der Waals surface area contributed by atoms with E-state index in [1.165, 1.54) is 0 Å². The number of nitrogens with one attached hydrogen (secondary N) is 1. The summed E-state index contributed by atoms with van der Waals surface area (Å²) in [5.41, 5.74) is 1.37. The lowest BCUT2D eigenvalue weighted by molar-refractivity contribution is 0.0649. The van der Waals surface area contributed by atoms with E-state index in [0.717, 1.165) is 31.1 Å². The van der Waals surface area contributed by atoms with Crippen LogP contribution in [0, 0.1) is 0 Å². The molecule has 6 nitrogen and oxygen atoms in total. The van der Waals surface area contributed by atoms with Gasteiger partial charge < -0.3 is 15.0 Å². The fraction of sp³-hybridized carbons (Fsp3) is 0.375. The van der Waals surface area contributed by atoms with Crippen LogP contribution in [0.25, 0.3) is 5.69 Å². The van der Waals surface area contributed by atoms with Crippen molar-refractivity contribution < 1.29 is 9.53 Å². The second-order valence-corrected chi connectivity index (χ2v) is 5.40. The monoisotopic (exact) mass is 300 g/mol. The van der Waals surface area contributed by atoms with Crippen molar-refractivity contribution in [1.29, 1.82) is 0 Å². The Bertz CT molecular complexity index is 650. The minimum Gasteiger partial charge on any atom is -0.497 e. The molecule has 1 amide bonds. The van der Waals surface area contributed by atoms with Gasteiger partial charge in [-0.2, -0.15) is 5.10 Å². The van der Waals surface area contributed by atoms with E-state index >= 15 is 0 Å². The van der Waals surface area contributed by atoms with Crippen molar-refractivity contribution in [3.63, 3.8) is 0 Å². The summed E-state index contributed by atoms with van der Waals surface area (Å²) in [5.74, 6) is 0.781. The number of piperazine rings is 1. The highest BCUT2D eigenvalue weighted by atomic mass is 16.5. The maximum Gasteiger partial charge on any atom is 0.274 e. The van der Waals surface area contributed by atoms with Crippen molar-refractivity contribution >= 4 is 5.91 Å². The number of rotatable bonds is 3. The van der Waals surface area contributed by atoms with Crippen LogP contribution in [0.4, 0.5) is 0 Å². The summed E-state index contributed by atoms with van der Waals surface area (Å²) in [6, 6.07) is 9.52. The van der Waals surface area contributed by atoms with Gasteiger partial charge >= 0.3 is 0 Å². The Morgan fingerprint density at radius 3 is 2.77 bits per heavy atom. The molecule has 116 valence electrons. The molecule has 6 heteroatoms. The van der Waals surface area contributed by atoms with E-state index in [9.17, 15) is 4.79 Å². The molecule has 0 bridgehead atoms. The number of methoxy groups -OCH3 is 1. The number of carbonyl (C=O) groups excluding carboxylic acids is 1. The Labute approximate surface area is 129 Å². The van der Waals surface area contributed by atoms with Crippen molar-refractivity contribution in [2.75, 3.05) is 26.7 Å². The number of carbonyl (C=O) groups is 1. The molecule has 1 aliphatic heterocycles. The smallest absolute Gasteiger partial charge is 0.274 e. The molecule has 1 aromatic heterocycles. The van der Waals surface area contributed by atoms with Crippen LogP contribution >= 0.6 is 0 Å². The third-order valence-corrected chi connectivity index (χ3v) is 3.91. The van der Waals surface area contributed by atoms with Gasteiger partial charge in [0.25, 0.3) is 5.91 Å². The highest BCUT2D eigenvalue weighted by molar-refractivity contribution is 5.92. The van der Waals surface area contributed by atoms with Crippen LogP contribution in [0.5, 0.6) is 5.75 Å². The summed E-state index contributed by atoms with van der Waals surface area (Å²) in [6.07, 6.45) is 1.81. The van der Waals surface area contributed by atoms with Gasteiger partial charge in [-0.05, 0) is 37.3 Å². The van der Waals surface area contributed by atoms with Gasteiger partial charge in [0.2, 0.25) is 0 Å². The molecular formula is C16H20N4O2. The Hall–Kier alpha value is -2.34. The zero-order chi connectivity index (χ0) is 15.5. The van der Waals surface area contributed by atoms with Gasteiger partial charge in [0.05, 0.1) is 12.8 Å². The van der Waals surface area contributed by atoms with Gasteiger partial charge in [0.1, 0.15) is 5.75 Å². The first-order valence-electron chi connectivity index (χ1n) is 7.41. The predicted octanol–water partition coefficient (Wildman–Crippen LogP) is 1.31. The van der Waals surface area contributed by atoms with Crippen molar-refractivity contribution in [3.8, 4) is 11.4 Å². The van der Waals surface area contributed by atoms with E-state index in [0.29, 0.717) is 5.69 Å². The second kappa shape index (κ2) is 6.19. The van der Waals surface area contributed by atoms with Gasteiger partial charge in [0, 0.05) is 31.9 Å². The lowest BCUT2D eigenvalue weighted by Gasteiger charge is -2.33. The number of nitrogens with zero attached hydrogens (tertiary/aromatic N) is 3. The predicted molar refractivity (Wildman–Crippen MR) is 83.5 cm³/mol. The first-order valence-corrected chi connectivity index (χ1v) is 7.41. The van der Waals surface area contributed by atoms with Crippen molar-refractivity contribution in [1.82, 2.24) is 20.0 Å². The largest absolute Gasteiger partial charge is 0.497 e. The average Bonchev–Trinajstić information content (AvgIpc) is 3.05. The number of ether oxygens (including phenoxy) is 1. The van der Waals surface area contributed by atoms with E-state index in [1.54, 1.807) is 17.9 Å². The van der Waals surface area contributed by atoms with Crippen LogP contribution in [0.2, 0.25) is 0 Å². The molecule has 0 spiro atoms. The maximum atomic E-state index is 12.6. The molecule has 1 N–H and O–H groups in total. The zero-order valence-corrected chi connectivity index (χ0v) is 12.8. The molecule has 0 radical (unpaired) electrons. The number of hydrogen-bond donors (Lipinski definition) is 1. The Balaban J connectivity index is 1.79. The van der Waals surface area contributed by atoms with E-state index in [2.05, 4.69) is 10.4 Å². The summed E-state index contributed by atoms with van der Waals surface area (Å²) < 4.78 is 6.85. The number of amides is 1. The van der Waals surface area contributed by atoms with E-state index < -0.39 is 0 Å². The SMILES string of the molecule is COc1ccc(-n2ccc(C(=O)N3CCNCC3C)n2)cc1. The summed E-state index contributed by atoms with van der Waals surface area (Å²) >= 11 is 0. The molecule has 0 aliphatic carbocycles. The quantitative estimate of drug-likeness (QED) is 0.928. The molecule has 1 aromatic carbocycles. The van der Waals surface area contributed by atoms with Crippen molar-refractivity contribution in [2.45, 2.75) is 13.0 Å². The van der Waals surface area contributed by atoms with E-state index in [4.69, 9.17) is 4.74 Å². The standard InChI is InChI=1S/C16H20N4O2/c1-12-11-17-8-10-19(12)16(21)15-7-9-20(18-15)13-3-5-14(22-2)6-4-13/h3-7,9,12,17H,8,10-11H2,1-2H3. The average molecular weight is 300 g/mol. The molecule has 3 rings (SSSR count). The van der Waals surface area contributed by atoms with Gasteiger partial charge in [-0.15, -0.1) is 0 Å². The summed E-state index contributed by atoms with van der Waals surface area (Å²) in [5, 5.41) is 7.69. The molecule has 0 saturated carbocycles. The molecule has 22 heavy (non-hydrogen) atoms. The number of aromatic nitrogens is 2. The van der Waals surface area contributed by atoms with Gasteiger partial charge in [0.15, 0.2) is 5.69 Å². The van der Waals surface area contributed by atoms with Crippen LogP contribution in [-0.2, 0) is 0 Å². The van der Waals surface area contributed by atoms with Crippen LogP contribution in [0.3, 0.4) is 0 Å². The third kappa shape index (κ3) is 2.82. The molecule has 1 unspecified atom stereocenters. The topological polar surface area (TPSA) is 59.4 Å². The normalized spacial score (nSPS) is 18.3. The summed E-state index contributed by atoms with van der Waals surface area (Å²) in [4.78, 5) is 14.4. The van der Waals surface area contributed by atoms with E-state index in [1.807, 2.05) is 42.3 Å². The molecule has 1 fully saturated rings. The first-order chi connectivity index (χ1) is 10.7. The van der Waals surface area contributed by atoms with Gasteiger partial charge in [-0.3, -0.25) is 4.79 Å². The number of hydrogen-bond acceptors (Lipinski definition) is 4. The lowest BCUT2D eigenvalue weighted by Crippen LogP contribution is -2.52. The number of benzene rings is 1. The molecule has 2 heterocycles. The van der Waals surface area contributed by atoms with Crippen molar-refractivity contribution in [2.24, 2.45) is 0 Å². The Morgan fingerprint density at radius 1 is 1.32 bits per heavy atom. The van der Waals surface area contributed by atoms with Gasteiger partial charge in [-0.1, -0.05) is 0 Å². The van der Waals surface area contributed by atoms with E-state index in [-0.39, 0.29) is 11.9 Å². The second-order valence-electron chi connectivity index (χ2n) is 5.40. The third-order valence-electron chi connectivity index (χ3n) is 3.91. The maximum absolute atomic E-state index is 12.6. The van der Waals surface area contributed by atoms with Crippen LogP contribution < -0.4 is 10.1 Å². The molecule has 2 aromatic rings. The Kier molecular flexibility index (Phi) is 4.11. The zero-order valence-electron chi connectivity index (χ0n) is 12.8. The summed E-state index contributed by atoms with van der Waals surface area (Å²) in [7, 11) is 1.63. The van der Waals surface area contributed by atoms with Gasteiger partial charge in [-0.25, -0.2) is 4.68 Å². The molecule has 1 saturated heterocycles. The fourth-order valence-corrected chi connectivity index (χ4v) is 2.61. The first kappa shape index (κ1) is 14.6. The van der Waals surface area contributed by atoms with Crippen LogP contribution in [0.15, 0.2) is 36.5 Å². The molecular weight excluding hydrogens is 280 g/mol. The van der Waals surface area contributed by atoms with Crippen molar-refractivity contribution in [3.05, 3.63) is 42.2 Å². The minimum absolute atomic E-state index is 0.0127. The fourth-order valence-electron chi connectivity index (χ4n) is 2.61. The Morgan fingerprint density at radius 2 is 2.09 bits per heavy atom. The minimum atomic E-state index is -0.0127. The highest BCUT2D eigenvalue weighted by Crippen LogP contribution is 2.15. The lowest BCUT2D eigenvalue weighted by atomic mass is 10.2.